The molecule has 0 radical (unpaired) electrons. The summed E-state index contributed by atoms with van der Waals surface area (Å²) < 4.78 is 1.25. The van der Waals surface area contributed by atoms with Gasteiger partial charge in [0.05, 0.1) is 0 Å². The number of urea groups is 1. The number of nitrogens with zero attached hydrogens (tertiary/aromatic N) is 1. The van der Waals surface area contributed by atoms with Crippen LogP contribution in [0.3, 0.4) is 0 Å². The number of carbonyl (C=O) groups excluding carboxylic acids is 1. The number of nitrogens with one attached hydrogen (secondary N) is 1. The third-order valence-electron chi connectivity index (χ3n) is 3.10. The van der Waals surface area contributed by atoms with Gasteiger partial charge in [-0.15, -0.1) is 11.3 Å². The van der Waals surface area contributed by atoms with Gasteiger partial charge in [0.15, 0.2) is 0 Å². The normalized spacial score (nSPS) is 15.4. The van der Waals surface area contributed by atoms with Crippen LogP contribution in [-0.4, -0.2) is 24.0 Å². The summed E-state index contributed by atoms with van der Waals surface area (Å²) in [5, 5.41) is 6.21. The van der Waals surface area contributed by atoms with Gasteiger partial charge in [-0.25, -0.2) is 4.79 Å². The summed E-state index contributed by atoms with van der Waals surface area (Å²) in [6.07, 6.45) is 2.24. The summed E-state index contributed by atoms with van der Waals surface area (Å²) in [5.74, 6) is 0. The molecule has 0 spiro atoms. The van der Waals surface area contributed by atoms with Gasteiger partial charge in [-0.3, -0.25) is 0 Å². The Kier molecular flexibility index (Phi) is 2.73. The van der Waals surface area contributed by atoms with Crippen molar-refractivity contribution in [3.63, 3.8) is 0 Å². The Labute approximate surface area is 104 Å². The van der Waals surface area contributed by atoms with E-state index in [4.69, 9.17) is 0 Å². The third-order valence-corrected chi connectivity index (χ3v) is 3.99. The predicted octanol–water partition coefficient (Wildman–Crippen LogP) is 3.53. The molecule has 0 saturated carbocycles. The van der Waals surface area contributed by atoms with Crippen LogP contribution in [0, 0.1) is 0 Å². The Morgan fingerprint density at radius 1 is 1.24 bits per heavy atom. The molecule has 1 saturated heterocycles. The topological polar surface area (TPSA) is 32.3 Å². The average molecular weight is 246 g/mol. The molecule has 3 rings (SSSR count). The summed E-state index contributed by atoms with van der Waals surface area (Å²) in [4.78, 5) is 13.8. The number of rotatable bonds is 1. The smallest absolute Gasteiger partial charge is 0.321 e. The maximum atomic E-state index is 11.9. The number of benzene rings is 1. The molecule has 2 aromatic rings. The van der Waals surface area contributed by atoms with Crippen molar-refractivity contribution in [1.82, 2.24) is 4.90 Å². The maximum Gasteiger partial charge on any atom is 0.321 e. The monoisotopic (exact) mass is 246 g/mol. The van der Waals surface area contributed by atoms with E-state index in [2.05, 4.69) is 22.8 Å². The van der Waals surface area contributed by atoms with Gasteiger partial charge in [0.25, 0.3) is 0 Å². The van der Waals surface area contributed by atoms with Crippen molar-refractivity contribution in [1.29, 1.82) is 0 Å². The maximum absolute atomic E-state index is 11.9. The van der Waals surface area contributed by atoms with E-state index >= 15 is 0 Å². The van der Waals surface area contributed by atoms with E-state index in [9.17, 15) is 4.79 Å². The second-order valence-corrected chi connectivity index (χ2v) is 5.25. The molecular formula is C13H14N2OS. The van der Waals surface area contributed by atoms with Gasteiger partial charge < -0.3 is 10.2 Å². The number of amides is 2. The minimum atomic E-state index is 0.0251. The van der Waals surface area contributed by atoms with E-state index in [0.29, 0.717) is 0 Å². The lowest BCUT2D eigenvalue weighted by Crippen LogP contribution is -2.32. The number of anilines is 1. The van der Waals surface area contributed by atoms with E-state index in [-0.39, 0.29) is 6.03 Å². The molecule has 88 valence electrons. The lowest BCUT2D eigenvalue weighted by atomic mass is 10.2. The van der Waals surface area contributed by atoms with Gasteiger partial charge >= 0.3 is 6.03 Å². The molecule has 0 bridgehead atoms. The summed E-state index contributed by atoms with van der Waals surface area (Å²) >= 11 is 1.72. The van der Waals surface area contributed by atoms with Crippen LogP contribution in [-0.2, 0) is 0 Å². The molecule has 1 N–H and O–H groups in total. The summed E-state index contributed by atoms with van der Waals surface area (Å²) in [7, 11) is 0. The standard InChI is InChI=1S/C13H14N2OS/c16-13(15-6-1-2-7-15)14-11-3-4-12-10(9-11)5-8-17-12/h3-5,8-9H,1-2,6-7H2,(H,14,16). The Morgan fingerprint density at radius 2 is 2.06 bits per heavy atom. The van der Waals surface area contributed by atoms with E-state index in [1.807, 2.05) is 17.0 Å². The molecule has 0 unspecified atom stereocenters. The first-order chi connectivity index (χ1) is 8.33. The lowest BCUT2D eigenvalue weighted by Gasteiger charge is -2.16. The predicted molar refractivity (Wildman–Crippen MR) is 71.7 cm³/mol. The average Bonchev–Trinajstić information content (AvgIpc) is 2.99. The van der Waals surface area contributed by atoms with E-state index in [0.717, 1.165) is 31.6 Å². The van der Waals surface area contributed by atoms with Gasteiger partial charge in [0.2, 0.25) is 0 Å². The highest BCUT2D eigenvalue weighted by Crippen LogP contribution is 2.24. The van der Waals surface area contributed by atoms with E-state index < -0.39 is 0 Å². The Hall–Kier alpha value is -1.55. The van der Waals surface area contributed by atoms with Crippen LogP contribution in [0.2, 0.25) is 0 Å². The first kappa shape index (κ1) is 10.6. The third kappa shape index (κ3) is 2.13. The molecule has 2 heterocycles. The summed E-state index contributed by atoms with van der Waals surface area (Å²) in [5.41, 5.74) is 0.882. The first-order valence-corrected chi connectivity index (χ1v) is 6.74. The van der Waals surface area contributed by atoms with Crippen LogP contribution in [0.1, 0.15) is 12.8 Å². The molecule has 4 heteroatoms. The molecule has 1 aliphatic heterocycles. The SMILES string of the molecule is O=C(Nc1ccc2sccc2c1)N1CCCC1. The minimum Gasteiger partial charge on any atom is -0.325 e. The number of likely N-dealkylation sites (tertiary alicyclic amines) is 1. The number of thiophene rings is 1. The lowest BCUT2D eigenvalue weighted by molar-refractivity contribution is 0.222. The molecule has 0 aliphatic carbocycles. The van der Waals surface area contributed by atoms with E-state index in [1.165, 1.54) is 10.1 Å². The zero-order chi connectivity index (χ0) is 11.7. The van der Waals surface area contributed by atoms with Crippen molar-refractivity contribution in [3.05, 3.63) is 29.6 Å². The fourth-order valence-corrected chi connectivity index (χ4v) is 2.94. The highest BCUT2D eigenvalue weighted by molar-refractivity contribution is 7.17. The fourth-order valence-electron chi connectivity index (χ4n) is 2.17. The Morgan fingerprint density at radius 3 is 2.88 bits per heavy atom. The molecule has 3 nitrogen and oxygen atoms in total. The number of fused-ring (bicyclic) bond motifs is 1. The molecule has 2 amide bonds. The first-order valence-electron chi connectivity index (χ1n) is 5.86. The number of hydrogen-bond donors (Lipinski definition) is 1. The summed E-state index contributed by atoms with van der Waals surface area (Å²) in [6, 6.07) is 8.15. The molecule has 1 aliphatic rings. The highest BCUT2D eigenvalue weighted by atomic mass is 32.1. The van der Waals surface area contributed by atoms with Gasteiger partial charge in [-0.1, -0.05) is 0 Å². The van der Waals surface area contributed by atoms with Crippen molar-refractivity contribution in [2.75, 3.05) is 18.4 Å². The van der Waals surface area contributed by atoms with Crippen LogP contribution >= 0.6 is 11.3 Å². The molecular weight excluding hydrogens is 232 g/mol. The zero-order valence-electron chi connectivity index (χ0n) is 9.48. The van der Waals surface area contributed by atoms with Crippen molar-refractivity contribution in [3.8, 4) is 0 Å². The van der Waals surface area contributed by atoms with Gasteiger partial charge in [-0.05, 0) is 47.9 Å². The van der Waals surface area contributed by atoms with E-state index in [1.54, 1.807) is 11.3 Å². The van der Waals surface area contributed by atoms with Crippen LogP contribution in [0.25, 0.3) is 10.1 Å². The van der Waals surface area contributed by atoms with Crippen LogP contribution < -0.4 is 5.32 Å². The van der Waals surface area contributed by atoms with Crippen molar-refractivity contribution in [2.24, 2.45) is 0 Å². The Bertz CT molecular complexity index is 543. The summed E-state index contributed by atoms with van der Waals surface area (Å²) in [6.45, 7) is 1.76. The quantitative estimate of drug-likeness (QED) is 0.820. The van der Waals surface area contributed by atoms with Crippen LogP contribution in [0.5, 0.6) is 0 Å². The molecule has 0 atom stereocenters. The van der Waals surface area contributed by atoms with Gasteiger partial charge in [0.1, 0.15) is 0 Å². The molecule has 17 heavy (non-hydrogen) atoms. The number of carbonyl (C=O) groups is 1. The zero-order valence-corrected chi connectivity index (χ0v) is 10.3. The largest absolute Gasteiger partial charge is 0.325 e. The molecule has 1 aromatic carbocycles. The number of hydrogen-bond acceptors (Lipinski definition) is 2. The highest BCUT2D eigenvalue weighted by Gasteiger charge is 2.17. The molecule has 1 aromatic heterocycles. The van der Waals surface area contributed by atoms with Gasteiger partial charge in [0, 0.05) is 23.5 Å². The van der Waals surface area contributed by atoms with Crippen molar-refractivity contribution >= 4 is 33.1 Å². The minimum absolute atomic E-state index is 0.0251. The van der Waals surface area contributed by atoms with Gasteiger partial charge in [-0.2, -0.15) is 0 Å². The Balaban J connectivity index is 1.77. The fraction of sp³-hybridized carbons (Fsp3) is 0.308. The van der Waals surface area contributed by atoms with Crippen molar-refractivity contribution in [2.45, 2.75) is 12.8 Å². The van der Waals surface area contributed by atoms with Crippen LogP contribution in [0.15, 0.2) is 29.6 Å². The van der Waals surface area contributed by atoms with Crippen molar-refractivity contribution < 1.29 is 4.79 Å². The van der Waals surface area contributed by atoms with Crippen LogP contribution in [0.4, 0.5) is 10.5 Å². The second kappa shape index (κ2) is 4.37. The molecule has 1 fully saturated rings. The second-order valence-electron chi connectivity index (χ2n) is 4.30.